The third-order valence-electron chi connectivity index (χ3n) is 8.52. The topological polar surface area (TPSA) is 50.4 Å². The molecule has 0 radical (unpaired) electrons. The fourth-order valence-corrected chi connectivity index (χ4v) is 6.21. The van der Waals surface area contributed by atoms with Crippen LogP contribution in [0.4, 0.5) is 0 Å². The fourth-order valence-electron chi connectivity index (χ4n) is 6.21. The predicted molar refractivity (Wildman–Crippen MR) is 157 cm³/mol. The highest BCUT2D eigenvalue weighted by atomic mass is 16.3. The molecule has 0 amide bonds. The largest absolute Gasteiger partial charge is 0.472 e. The summed E-state index contributed by atoms with van der Waals surface area (Å²) in [4.78, 5) is 13.8. The van der Waals surface area contributed by atoms with Gasteiger partial charge in [0.25, 0.3) is 0 Å². The molecule has 1 aliphatic rings. The minimum absolute atomic E-state index is 0.0564. The maximum absolute atomic E-state index is 13.8. The molecular weight excluding hydrogens is 480 g/mol. The third-order valence-corrected chi connectivity index (χ3v) is 8.52. The molecule has 0 aliphatic heterocycles. The van der Waals surface area contributed by atoms with Crippen molar-refractivity contribution in [2.24, 2.45) is 11.8 Å². The molecular formula is C36H40O3. The van der Waals surface area contributed by atoms with Crippen molar-refractivity contribution in [3.8, 4) is 11.1 Å². The Kier molecular flexibility index (Phi) is 8.47. The van der Waals surface area contributed by atoms with Gasteiger partial charge in [-0.25, -0.2) is 0 Å². The van der Waals surface area contributed by atoms with E-state index in [0.29, 0.717) is 24.0 Å². The number of furan rings is 1. The van der Waals surface area contributed by atoms with Crippen LogP contribution in [0.5, 0.6) is 0 Å². The second-order valence-electron chi connectivity index (χ2n) is 11.8. The van der Waals surface area contributed by atoms with E-state index in [9.17, 15) is 9.90 Å². The number of carbonyl (C=O) groups excluding carboxylic acids is 1. The van der Waals surface area contributed by atoms with Crippen LogP contribution in [0.2, 0.25) is 0 Å². The third kappa shape index (κ3) is 6.96. The Morgan fingerprint density at radius 3 is 2.15 bits per heavy atom. The number of benzene rings is 3. The Hall–Kier alpha value is -3.43. The summed E-state index contributed by atoms with van der Waals surface area (Å²) in [6, 6.07) is 29.3. The van der Waals surface area contributed by atoms with Crippen LogP contribution in [-0.2, 0) is 23.2 Å². The minimum atomic E-state index is -0.810. The van der Waals surface area contributed by atoms with Crippen molar-refractivity contribution in [2.75, 3.05) is 0 Å². The van der Waals surface area contributed by atoms with Crippen molar-refractivity contribution >= 4 is 5.78 Å². The van der Waals surface area contributed by atoms with Gasteiger partial charge < -0.3 is 9.52 Å². The molecule has 1 heterocycles. The maximum Gasteiger partial charge on any atom is 0.140 e. The number of hydrogen-bond acceptors (Lipinski definition) is 3. The van der Waals surface area contributed by atoms with Crippen LogP contribution in [0.15, 0.2) is 102 Å². The lowest BCUT2D eigenvalue weighted by molar-refractivity contribution is -0.122. The van der Waals surface area contributed by atoms with Gasteiger partial charge in [0.15, 0.2) is 0 Å². The Morgan fingerprint density at radius 1 is 0.846 bits per heavy atom. The predicted octanol–water partition coefficient (Wildman–Crippen LogP) is 8.51. The molecule has 4 aromatic rings. The fraction of sp³-hybridized carbons (Fsp3) is 0.361. The summed E-state index contributed by atoms with van der Waals surface area (Å²) >= 11 is 0. The van der Waals surface area contributed by atoms with Crippen LogP contribution in [0, 0.1) is 11.8 Å². The zero-order valence-electron chi connectivity index (χ0n) is 23.2. The second-order valence-corrected chi connectivity index (χ2v) is 11.8. The van der Waals surface area contributed by atoms with Crippen molar-refractivity contribution in [1.82, 2.24) is 0 Å². The smallest absolute Gasteiger partial charge is 0.140 e. The number of ketones is 1. The Labute approximate surface area is 232 Å². The zero-order chi connectivity index (χ0) is 27.2. The molecule has 5 rings (SSSR count). The first kappa shape index (κ1) is 27.1. The molecule has 1 fully saturated rings. The van der Waals surface area contributed by atoms with Crippen LogP contribution in [0.3, 0.4) is 0 Å². The van der Waals surface area contributed by atoms with Gasteiger partial charge in [0, 0.05) is 17.9 Å². The molecule has 3 heteroatoms. The van der Waals surface area contributed by atoms with E-state index in [1.165, 1.54) is 11.1 Å². The molecule has 1 aliphatic carbocycles. The Morgan fingerprint density at radius 2 is 1.54 bits per heavy atom. The SMILES string of the molecule is CC(C)(O)c1ccc(CC2CCC(C(C(=O)CCc3ccccc3)c3ccc(-c4ccoc4)cc3)CC2)cc1. The van der Waals surface area contributed by atoms with E-state index in [1.54, 1.807) is 12.5 Å². The number of aliphatic hydroxyl groups is 1. The van der Waals surface area contributed by atoms with Gasteiger partial charge in [-0.2, -0.15) is 0 Å². The van der Waals surface area contributed by atoms with Crippen LogP contribution in [0.25, 0.3) is 11.1 Å². The lowest BCUT2D eigenvalue weighted by Crippen LogP contribution is -2.27. The number of aryl methyl sites for hydroxylation is 1. The molecule has 0 spiro atoms. The van der Waals surface area contributed by atoms with E-state index >= 15 is 0 Å². The van der Waals surface area contributed by atoms with Gasteiger partial charge in [-0.3, -0.25) is 4.79 Å². The Bertz CT molecular complexity index is 1310. The van der Waals surface area contributed by atoms with E-state index in [-0.39, 0.29) is 5.92 Å². The van der Waals surface area contributed by atoms with Crippen LogP contribution in [0.1, 0.15) is 74.1 Å². The standard InChI is InChI=1S/C36H40O3/c1-36(2,38)33-19-10-28(11-20-33)24-27-8-13-30(14-9-27)35(34(37)21-12-26-6-4-3-5-7-26)31-17-15-29(16-18-31)32-22-23-39-25-32/h3-7,10-11,15-20,22-23,25,27,30,35,38H,8-9,12-14,21,24H2,1-2H3. The summed E-state index contributed by atoms with van der Waals surface area (Å²) in [6.07, 6.45) is 10.3. The van der Waals surface area contributed by atoms with Crippen LogP contribution in [-0.4, -0.2) is 10.9 Å². The molecule has 1 atom stereocenters. The lowest BCUT2D eigenvalue weighted by Gasteiger charge is -2.34. The molecule has 202 valence electrons. The summed E-state index contributed by atoms with van der Waals surface area (Å²) in [5.41, 5.74) is 6.01. The van der Waals surface area contributed by atoms with E-state index in [4.69, 9.17) is 4.42 Å². The average Bonchev–Trinajstić information content (AvgIpc) is 3.49. The number of Topliss-reactive ketones (excluding diaryl/α,β-unsaturated/α-hetero) is 1. The Balaban J connectivity index is 1.27. The highest BCUT2D eigenvalue weighted by molar-refractivity contribution is 5.86. The average molecular weight is 521 g/mol. The van der Waals surface area contributed by atoms with Gasteiger partial charge in [-0.05, 0) is 98.1 Å². The molecule has 1 N–H and O–H groups in total. The van der Waals surface area contributed by atoms with E-state index in [2.05, 4.69) is 60.7 Å². The van der Waals surface area contributed by atoms with Crippen molar-refractivity contribution in [3.05, 3.63) is 120 Å². The van der Waals surface area contributed by atoms with Crippen LogP contribution < -0.4 is 0 Å². The zero-order valence-corrected chi connectivity index (χ0v) is 23.2. The number of carbonyl (C=O) groups is 1. The second kappa shape index (κ2) is 12.2. The first-order valence-electron chi connectivity index (χ1n) is 14.4. The van der Waals surface area contributed by atoms with E-state index in [1.807, 2.05) is 38.1 Å². The summed E-state index contributed by atoms with van der Waals surface area (Å²) in [5, 5.41) is 10.3. The number of rotatable bonds is 10. The molecule has 3 nitrogen and oxygen atoms in total. The van der Waals surface area contributed by atoms with Crippen LogP contribution >= 0.6 is 0 Å². The van der Waals surface area contributed by atoms with Gasteiger partial charge in [0.1, 0.15) is 5.78 Å². The summed E-state index contributed by atoms with van der Waals surface area (Å²) < 4.78 is 5.26. The van der Waals surface area contributed by atoms with Crippen molar-refractivity contribution in [3.63, 3.8) is 0 Å². The lowest BCUT2D eigenvalue weighted by atomic mass is 9.70. The highest BCUT2D eigenvalue weighted by Gasteiger charge is 2.33. The van der Waals surface area contributed by atoms with Gasteiger partial charge in [0.05, 0.1) is 18.1 Å². The van der Waals surface area contributed by atoms with Gasteiger partial charge in [0.2, 0.25) is 0 Å². The highest BCUT2D eigenvalue weighted by Crippen LogP contribution is 2.41. The minimum Gasteiger partial charge on any atom is -0.472 e. The van der Waals surface area contributed by atoms with E-state index in [0.717, 1.165) is 60.8 Å². The van der Waals surface area contributed by atoms with Crippen molar-refractivity contribution < 1.29 is 14.3 Å². The normalized spacial score (nSPS) is 18.5. The first-order valence-corrected chi connectivity index (χ1v) is 14.4. The quantitative estimate of drug-likeness (QED) is 0.228. The summed E-state index contributed by atoms with van der Waals surface area (Å²) in [6.45, 7) is 3.65. The molecule has 1 saturated carbocycles. The van der Waals surface area contributed by atoms with Gasteiger partial charge >= 0.3 is 0 Å². The monoisotopic (exact) mass is 520 g/mol. The van der Waals surface area contributed by atoms with Gasteiger partial charge in [-0.1, -0.05) is 78.9 Å². The molecule has 1 aromatic heterocycles. The van der Waals surface area contributed by atoms with Crippen molar-refractivity contribution in [1.29, 1.82) is 0 Å². The maximum atomic E-state index is 13.8. The molecule has 0 bridgehead atoms. The van der Waals surface area contributed by atoms with Crippen molar-refractivity contribution in [2.45, 2.75) is 70.3 Å². The first-order chi connectivity index (χ1) is 18.9. The molecule has 39 heavy (non-hydrogen) atoms. The summed E-state index contributed by atoms with van der Waals surface area (Å²) in [5.74, 6) is 1.32. The molecule has 3 aromatic carbocycles. The van der Waals surface area contributed by atoms with E-state index < -0.39 is 5.60 Å². The van der Waals surface area contributed by atoms with Gasteiger partial charge in [-0.15, -0.1) is 0 Å². The molecule has 1 unspecified atom stereocenters. The summed E-state index contributed by atoms with van der Waals surface area (Å²) in [7, 11) is 0. The number of hydrogen-bond donors (Lipinski definition) is 1. The molecule has 0 saturated heterocycles.